The lowest BCUT2D eigenvalue weighted by Crippen LogP contribution is -2.36. The van der Waals surface area contributed by atoms with Gasteiger partial charge in [-0.05, 0) is 31.0 Å². The Morgan fingerprint density at radius 3 is 3.06 bits per heavy atom. The van der Waals surface area contributed by atoms with Crippen LogP contribution >= 0.6 is 11.6 Å². The molecule has 92 valence electrons. The van der Waals surface area contributed by atoms with Gasteiger partial charge in [0.25, 0.3) is 0 Å². The minimum atomic E-state index is -0.0726. The molecule has 0 aliphatic carbocycles. The van der Waals surface area contributed by atoms with Gasteiger partial charge in [0, 0.05) is 18.1 Å². The first kappa shape index (κ1) is 12.2. The average molecular weight is 254 g/mol. The minimum absolute atomic E-state index is 0.0189. The van der Waals surface area contributed by atoms with Crippen molar-refractivity contribution in [3.05, 3.63) is 22.7 Å². The standard InChI is InChI=1S/C12H16ClN3O/c1-8-5-9(13)6-10-12(8)15-3-2-4-16(10)11(17)7-14/h5-6,15H,2-4,7,14H2,1H3. The molecule has 4 nitrogen and oxygen atoms in total. The number of fused-ring (bicyclic) bond motifs is 1. The molecule has 0 unspecified atom stereocenters. The lowest BCUT2D eigenvalue weighted by Gasteiger charge is -2.23. The van der Waals surface area contributed by atoms with E-state index in [9.17, 15) is 4.79 Å². The molecule has 0 saturated carbocycles. The Morgan fingerprint density at radius 2 is 2.35 bits per heavy atom. The van der Waals surface area contributed by atoms with E-state index >= 15 is 0 Å². The van der Waals surface area contributed by atoms with Crippen molar-refractivity contribution in [1.29, 1.82) is 0 Å². The van der Waals surface area contributed by atoms with Crippen molar-refractivity contribution >= 4 is 28.9 Å². The van der Waals surface area contributed by atoms with Crippen molar-refractivity contribution in [3.63, 3.8) is 0 Å². The van der Waals surface area contributed by atoms with Gasteiger partial charge in [0.05, 0.1) is 17.9 Å². The van der Waals surface area contributed by atoms with Gasteiger partial charge < -0.3 is 16.0 Å². The van der Waals surface area contributed by atoms with E-state index in [1.807, 2.05) is 19.1 Å². The quantitative estimate of drug-likeness (QED) is 0.802. The van der Waals surface area contributed by atoms with Crippen molar-refractivity contribution in [1.82, 2.24) is 0 Å². The number of carbonyl (C=O) groups excluding carboxylic acids is 1. The third-order valence-electron chi connectivity index (χ3n) is 2.91. The van der Waals surface area contributed by atoms with E-state index < -0.39 is 0 Å². The highest BCUT2D eigenvalue weighted by molar-refractivity contribution is 6.31. The van der Waals surface area contributed by atoms with Crippen LogP contribution < -0.4 is 16.0 Å². The molecule has 1 aliphatic heterocycles. The largest absolute Gasteiger partial charge is 0.383 e. The lowest BCUT2D eigenvalue weighted by molar-refractivity contribution is -0.117. The second kappa shape index (κ2) is 4.94. The van der Waals surface area contributed by atoms with Crippen molar-refractivity contribution in [2.75, 3.05) is 29.9 Å². The first-order chi connectivity index (χ1) is 8.13. The van der Waals surface area contributed by atoms with Crippen LogP contribution in [0.2, 0.25) is 5.02 Å². The van der Waals surface area contributed by atoms with Crippen LogP contribution in [-0.2, 0) is 4.79 Å². The summed E-state index contributed by atoms with van der Waals surface area (Å²) in [6.45, 7) is 3.53. The summed E-state index contributed by atoms with van der Waals surface area (Å²) in [5.41, 5.74) is 8.30. The number of rotatable bonds is 1. The van der Waals surface area contributed by atoms with Gasteiger partial charge in [0.2, 0.25) is 5.91 Å². The monoisotopic (exact) mass is 253 g/mol. The van der Waals surface area contributed by atoms with Crippen molar-refractivity contribution < 1.29 is 4.79 Å². The molecule has 0 saturated heterocycles. The van der Waals surface area contributed by atoms with Gasteiger partial charge >= 0.3 is 0 Å². The summed E-state index contributed by atoms with van der Waals surface area (Å²) < 4.78 is 0. The number of hydrogen-bond donors (Lipinski definition) is 2. The molecule has 1 aromatic carbocycles. The maximum Gasteiger partial charge on any atom is 0.240 e. The summed E-state index contributed by atoms with van der Waals surface area (Å²) in [5.74, 6) is -0.0726. The number of carbonyl (C=O) groups is 1. The number of nitrogens with two attached hydrogens (primary N) is 1. The van der Waals surface area contributed by atoms with Crippen LogP contribution in [0.5, 0.6) is 0 Å². The van der Waals surface area contributed by atoms with Crippen LogP contribution in [0.15, 0.2) is 12.1 Å². The van der Waals surface area contributed by atoms with Crippen LogP contribution in [0.1, 0.15) is 12.0 Å². The fourth-order valence-corrected chi connectivity index (χ4v) is 2.38. The highest BCUT2D eigenvalue weighted by Gasteiger charge is 2.21. The number of aryl methyl sites for hydroxylation is 1. The van der Waals surface area contributed by atoms with Crippen molar-refractivity contribution in [2.45, 2.75) is 13.3 Å². The van der Waals surface area contributed by atoms with E-state index in [0.29, 0.717) is 11.6 Å². The summed E-state index contributed by atoms with van der Waals surface area (Å²) in [4.78, 5) is 13.6. The Labute approximate surface area is 106 Å². The first-order valence-corrected chi connectivity index (χ1v) is 6.05. The predicted octanol–water partition coefficient (Wildman–Crippen LogP) is 1.76. The Kier molecular flexibility index (Phi) is 3.54. The average Bonchev–Trinajstić information content (AvgIpc) is 2.50. The van der Waals surface area contributed by atoms with Gasteiger partial charge in [-0.15, -0.1) is 0 Å². The Bertz CT molecular complexity index is 448. The maximum atomic E-state index is 11.8. The van der Waals surface area contributed by atoms with Gasteiger partial charge in [-0.3, -0.25) is 4.79 Å². The molecule has 0 bridgehead atoms. The number of halogens is 1. The van der Waals surface area contributed by atoms with Crippen LogP contribution in [0.4, 0.5) is 11.4 Å². The van der Waals surface area contributed by atoms with Gasteiger partial charge in [0.1, 0.15) is 0 Å². The fourth-order valence-electron chi connectivity index (χ4n) is 2.11. The highest BCUT2D eigenvalue weighted by Crippen LogP contribution is 2.34. The SMILES string of the molecule is Cc1cc(Cl)cc2c1NCCCN2C(=O)CN. The van der Waals surface area contributed by atoms with Crippen molar-refractivity contribution in [3.8, 4) is 0 Å². The molecule has 2 rings (SSSR count). The van der Waals surface area contributed by atoms with E-state index in [2.05, 4.69) is 5.32 Å². The van der Waals surface area contributed by atoms with Crippen LogP contribution in [0.25, 0.3) is 0 Å². The third-order valence-corrected chi connectivity index (χ3v) is 3.12. The summed E-state index contributed by atoms with van der Waals surface area (Å²) in [7, 11) is 0. The van der Waals surface area contributed by atoms with E-state index in [1.165, 1.54) is 0 Å². The highest BCUT2D eigenvalue weighted by atomic mass is 35.5. The van der Waals surface area contributed by atoms with E-state index in [0.717, 1.165) is 29.9 Å². The van der Waals surface area contributed by atoms with Gasteiger partial charge in [-0.25, -0.2) is 0 Å². The molecular weight excluding hydrogens is 238 g/mol. The smallest absolute Gasteiger partial charge is 0.240 e. The van der Waals surface area contributed by atoms with Crippen LogP contribution in [-0.4, -0.2) is 25.5 Å². The van der Waals surface area contributed by atoms with Gasteiger partial charge in [-0.1, -0.05) is 11.6 Å². The number of nitrogens with one attached hydrogen (secondary N) is 1. The predicted molar refractivity (Wildman–Crippen MR) is 70.7 cm³/mol. The molecule has 1 amide bonds. The zero-order chi connectivity index (χ0) is 12.4. The van der Waals surface area contributed by atoms with Crippen LogP contribution in [0, 0.1) is 6.92 Å². The summed E-state index contributed by atoms with van der Waals surface area (Å²) in [6.07, 6.45) is 0.900. The molecule has 3 N–H and O–H groups in total. The summed E-state index contributed by atoms with van der Waals surface area (Å²) >= 11 is 6.05. The molecule has 0 aromatic heterocycles. The van der Waals surface area contributed by atoms with E-state index in [-0.39, 0.29) is 12.5 Å². The fraction of sp³-hybridized carbons (Fsp3) is 0.417. The first-order valence-electron chi connectivity index (χ1n) is 5.68. The molecule has 1 aliphatic rings. The van der Waals surface area contributed by atoms with Crippen LogP contribution in [0.3, 0.4) is 0 Å². The normalized spacial score (nSPS) is 14.9. The number of nitrogens with zero attached hydrogens (tertiary/aromatic N) is 1. The minimum Gasteiger partial charge on any atom is -0.383 e. The summed E-state index contributed by atoms with van der Waals surface area (Å²) in [6, 6.07) is 3.71. The Hall–Kier alpha value is -1.26. The zero-order valence-electron chi connectivity index (χ0n) is 9.79. The molecule has 17 heavy (non-hydrogen) atoms. The molecule has 1 aromatic rings. The maximum absolute atomic E-state index is 11.8. The molecule has 0 fully saturated rings. The van der Waals surface area contributed by atoms with E-state index in [1.54, 1.807) is 4.90 Å². The number of anilines is 2. The van der Waals surface area contributed by atoms with Crippen molar-refractivity contribution in [2.24, 2.45) is 5.73 Å². The van der Waals surface area contributed by atoms with Gasteiger partial charge in [0.15, 0.2) is 0 Å². The Balaban J connectivity index is 2.51. The lowest BCUT2D eigenvalue weighted by atomic mass is 10.1. The zero-order valence-corrected chi connectivity index (χ0v) is 10.5. The number of hydrogen-bond acceptors (Lipinski definition) is 3. The number of amides is 1. The third kappa shape index (κ3) is 2.37. The molecule has 1 heterocycles. The number of benzene rings is 1. The topological polar surface area (TPSA) is 58.4 Å². The second-order valence-corrected chi connectivity index (χ2v) is 4.58. The molecule has 0 atom stereocenters. The molecule has 5 heteroatoms. The van der Waals surface area contributed by atoms with Gasteiger partial charge in [-0.2, -0.15) is 0 Å². The molecular formula is C12H16ClN3O. The second-order valence-electron chi connectivity index (χ2n) is 4.15. The molecule has 0 radical (unpaired) electrons. The Morgan fingerprint density at radius 1 is 1.59 bits per heavy atom. The summed E-state index contributed by atoms with van der Waals surface area (Å²) in [5, 5.41) is 3.97. The molecule has 0 spiro atoms. The van der Waals surface area contributed by atoms with E-state index in [4.69, 9.17) is 17.3 Å².